The minimum atomic E-state index is -0.394. The Morgan fingerprint density at radius 2 is 2.17 bits per heavy atom. The number of benzene rings is 1. The quantitative estimate of drug-likeness (QED) is 0.482. The van der Waals surface area contributed by atoms with Gasteiger partial charge in [0.25, 0.3) is 0 Å². The molecule has 0 spiro atoms. The Hall–Kier alpha value is -1.32. The van der Waals surface area contributed by atoms with Crippen LogP contribution in [0.1, 0.15) is 51.0 Å². The highest BCUT2D eigenvalue weighted by molar-refractivity contribution is 6.29. The molecule has 0 aliphatic carbocycles. The van der Waals surface area contributed by atoms with Crippen molar-refractivity contribution in [1.29, 1.82) is 0 Å². The fourth-order valence-electron chi connectivity index (χ4n) is 2.83. The molecule has 0 aliphatic heterocycles. The predicted molar refractivity (Wildman–Crippen MR) is 98.0 cm³/mol. The van der Waals surface area contributed by atoms with E-state index in [4.69, 9.17) is 11.6 Å². The van der Waals surface area contributed by atoms with Gasteiger partial charge in [-0.15, -0.1) is 6.58 Å². The third kappa shape index (κ3) is 5.08. The Morgan fingerprint density at radius 3 is 2.91 bits per heavy atom. The number of unbranched alkanes of at least 4 members (excludes halogenated alkanes) is 3. The second-order valence-corrected chi connectivity index (χ2v) is 6.48. The van der Waals surface area contributed by atoms with Crippen LogP contribution < -0.4 is 0 Å². The summed E-state index contributed by atoms with van der Waals surface area (Å²) in [6.45, 7) is 6.41. The monoisotopic (exact) mass is 334 g/mol. The van der Waals surface area contributed by atoms with E-state index in [0.717, 1.165) is 43.1 Å². The fourth-order valence-corrected chi connectivity index (χ4v) is 3.08. The Kier molecular flexibility index (Phi) is 7.13. The van der Waals surface area contributed by atoms with Crippen molar-refractivity contribution in [2.75, 3.05) is 0 Å². The molecule has 23 heavy (non-hydrogen) atoms. The van der Waals surface area contributed by atoms with Crippen molar-refractivity contribution in [2.45, 2.75) is 64.5 Å². The highest BCUT2D eigenvalue weighted by Gasteiger charge is 2.13. The van der Waals surface area contributed by atoms with Gasteiger partial charge in [-0.2, -0.15) is 0 Å². The maximum absolute atomic E-state index is 10.2. The molecule has 3 nitrogen and oxygen atoms in total. The largest absolute Gasteiger partial charge is 0.391 e. The summed E-state index contributed by atoms with van der Waals surface area (Å²) in [5.74, 6) is 0. The molecule has 1 heterocycles. The molecule has 1 unspecified atom stereocenters. The fraction of sp³-hybridized carbons (Fsp3) is 0.526. The molecular weight excluding hydrogens is 308 g/mol. The summed E-state index contributed by atoms with van der Waals surface area (Å²) in [6.07, 6.45) is 8.81. The van der Waals surface area contributed by atoms with Gasteiger partial charge in [0.15, 0.2) is 0 Å². The molecule has 1 aromatic carbocycles. The van der Waals surface area contributed by atoms with E-state index in [0.29, 0.717) is 11.8 Å². The highest BCUT2D eigenvalue weighted by atomic mass is 35.5. The zero-order chi connectivity index (χ0) is 16.7. The number of hydrogen-bond acceptors (Lipinski definition) is 2. The van der Waals surface area contributed by atoms with Crippen molar-refractivity contribution < 1.29 is 5.11 Å². The second-order valence-electron chi connectivity index (χ2n) is 6.15. The number of aliphatic hydroxyl groups excluding tert-OH is 1. The number of aromatic nitrogens is 2. The standard InChI is InChI=1S/C19H27ClN2O/c1-3-5-7-8-10-16(23)14-22-18-12-11-15(9-6-4-2)13-17(18)21-19(22)20/h3,11-13,16,23H,1,4-10,14H2,2H3. The lowest BCUT2D eigenvalue weighted by Gasteiger charge is -2.13. The molecule has 1 atom stereocenters. The molecule has 0 bridgehead atoms. The minimum Gasteiger partial charge on any atom is -0.391 e. The van der Waals surface area contributed by atoms with E-state index in [1.807, 2.05) is 10.6 Å². The van der Waals surface area contributed by atoms with Crippen LogP contribution in [0.3, 0.4) is 0 Å². The molecule has 0 saturated heterocycles. The zero-order valence-electron chi connectivity index (χ0n) is 14.0. The van der Waals surface area contributed by atoms with Crippen molar-refractivity contribution in [1.82, 2.24) is 9.55 Å². The number of rotatable bonds is 10. The first-order valence-corrected chi connectivity index (χ1v) is 8.97. The van der Waals surface area contributed by atoms with E-state index in [2.05, 4.69) is 36.7 Å². The number of nitrogens with zero attached hydrogens (tertiary/aromatic N) is 2. The molecular formula is C19H27ClN2O. The molecule has 0 fully saturated rings. The predicted octanol–water partition coefficient (Wildman–Crippen LogP) is 5.14. The summed E-state index contributed by atoms with van der Waals surface area (Å²) in [5.41, 5.74) is 3.22. The molecule has 2 aromatic rings. The molecule has 0 radical (unpaired) electrons. The van der Waals surface area contributed by atoms with Gasteiger partial charge in [-0.05, 0) is 61.4 Å². The number of fused-ring (bicyclic) bond motifs is 1. The van der Waals surface area contributed by atoms with Gasteiger partial charge in [0, 0.05) is 0 Å². The Morgan fingerprint density at radius 1 is 1.35 bits per heavy atom. The maximum Gasteiger partial charge on any atom is 0.203 e. The van der Waals surface area contributed by atoms with Crippen molar-refractivity contribution in [2.24, 2.45) is 0 Å². The lowest BCUT2D eigenvalue weighted by atomic mass is 10.1. The number of aliphatic hydroxyl groups is 1. The van der Waals surface area contributed by atoms with Crippen LogP contribution in [0.4, 0.5) is 0 Å². The Balaban J connectivity index is 2.05. The van der Waals surface area contributed by atoms with E-state index in [-0.39, 0.29) is 0 Å². The molecule has 0 saturated carbocycles. The van der Waals surface area contributed by atoms with Gasteiger partial charge in [0.1, 0.15) is 0 Å². The first kappa shape index (κ1) is 18.0. The number of allylic oxidation sites excluding steroid dienone is 1. The summed E-state index contributed by atoms with van der Waals surface area (Å²) in [6, 6.07) is 6.33. The van der Waals surface area contributed by atoms with Crippen LogP contribution in [-0.4, -0.2) is 20.8 Å². The summed E-state index contributed by atoms with van der Waals surface area (Å²) in [4.78, 5) is 4.45. The average Bonchev–Trinajstić information content (AvgIpc) is 2.84. The normalized spacial score (nSPS) is 12.7. The van der Waals surface area contributed by atoms with Crippen LogP contribution in [0, 0.1) is 0 Å². The Bertz CT molecular complexity index is 636. The number of halogens is 1. The van der Waals surface area contributed by atoms with Crippen LogP contribution in [0.5, 0.6) is 0 Å². The number of aryl methyl sites for hydroxylation is 1. The van der Waals surface area contributed by atoms with Gasteiger partial charge in [-0.3, -0.25) is 0 Å². The molecule has 4 heteroatoms. The lowest BCUT2D eigenvalue weighted by molar-refractivity contribution is 0.142. The number of imidazole rings is 1. The van der Waals surface area contributed by atoms with E-state index in [1.165, 1.54) is 18.4 Å². The number of hydrogen-bond donors (Lipinski definition) is 1. The third-order valence-corrected chi connectivity index (χ3v) is 4.46. The van der Waals surface area contributed by atoms with Gasteiger partial charge in [0.2, 0.25) is 5.28 Å². The van der Waals surface area contributed by atoms with Crippen LogP contribution in [-0.2, 0) is 13.0 Å². The zero-order valence-corrected chi connectivity index (χ0v) is 14.7. The minimum absolute atomic E-state index is 0.394. The van der Waals surface area contributed by atoms with E-state index >= 15 is 0 Å². The average molecular weight is 335 g/mol. The third-order valence-electron chi connectivity index (χ3n) is 4.17. The van der Waals surface area contributed by atoms with Crippen LogP contribution in [0.15, 0.2) is 30.9 Å². The molecule has 0 aliphatic rings. The summed E-state index contributed by atoms with van der Waals surface area (Å²) in [7, 11) is 0. The smallest absolute Gasteiger partial charge is 0.203 e. The van der Waals surface area contributed by atoms with Gasteiger partial charge < -0.3 is 9.67 Å². The molecule has 0 amide bonds. The molecule has 1 N–H and O–H groups in total. The van der Waals surface area contributed by atoms with Gasteiger partial charge >= 0.3 is 0 Å². The lowest BCUT2D eigenvalue weighted by Crippen LogP contribution is -2.16. The highest BCUT2D eigenvalue weighted by Crippen LogP contribution is 2.23. The summed E-state index contributed by atoms with van der Waals surface area (Å²) in [5, 5.41) is 10.7. The van der Waals surface area contributed by atoms with Crippen molar-refractivity contribution in [3.8, 4) is 0 Å². The van der Waals surface area contributed by atoms with Crippen molar-refractivity contribution >= 4 is 22.6 Å². The van der Waals surface area contributed by atoms with Gasteiger partial charge in [0.05, 0.1) is 23.7 Å². The van der Waals surface area contributed by atoms with Crippen LogP contribution in [0.25, 0.3) is 11.0 Å². The summed E-state index contributed by atoms with van der Waals surface area (Å²) >= 11 is 6.28. The van der Waals surface area contributed by atoms with Crippen molar-refractivity contribution in [3.05, 3.63) is 41.7 Å². The first-order chi connectivity index (χ1) is 11.2. The maximum atomic E-state index is 10.2. The topological polar surface area (TPSA) is 38.0 Å². The SMILES string of the molecule is C=CCCCCC(O)Cn1c(Cl)nc2cc(CCCC)ccc21. The second kappa shape index (κ2) is 9.09. The van der Waals surface area contributed by atoms with E-state index < -0.39 is 6.10 Å². The summed E-state index contributed by atoms with van der Waals surface area (Å²) < 4.78 is 1.92. The van der Waals surface area contributed by atoms with Crippen molar-refractivity contribution in [3.63, 3.8) is 0 Å². The van der Waals surface area contributed by atoms with Crippen LogP contribution >= 0.6 is 11.6 Å². The first-order valence-electron chi connectivity index (χ1n) is 8.59. The van der Waals surface area contributed by atoms with Crippen LogP contribution in [0.2, 0.25) is 5.28 Å². The Labute approximate surface area is 144 Å². The van der Waals surface area contributed by atoms with E-state index in [1.54, 1.807) is 0 Å². The molecule has 1 aromatic heterocycles. The molecule has 126 valence electrons. The van der Waals surface area contributed by atoms with E-state index in [9.17, 15) is 5.11 Å². The van der Waals surface area contributed by atoms with Gasteiger partial charge in [-0.1, -0.05) is 31.9 Å². The molecule has 2 rings (SSSR count). The van der Waals surface area contributed by atoms with Gasteiger partial charge in [-0.25, -0.2) is 4.98 Å².